The van der Waals surface area contributed by atoms with Gasteiger partial charge >= 0.3 is 0 Å². The predicted molar refractivity (Wildman–Crippen MR) is 55.5 cm³/mol. The summed E-state index contributed by atoms with van der Waals surface area (Å²) in [5.74, 6) is 0.600. The molecule has 2 rings (SSSR count). The Morgan fingerprint density at radius 1 is 1.53 bits per heavy atom. The van der Waals surface area contributed by atoms with Crippen LogP contribution < -0.4 is 10.1 Å². The molecule has 78 valence electrons. The number of nitrogens with zero attached hydrogens (tertiary/aromatic N) is 2. The summed E-state index contributed by atoms with van der Waals surface area (Å²) in [5.41, 5.74) is 0.559. The molecule has 15 heavy (non-hydrogen) atoms. The molecule has 0 saturated carbocycles. The fourth-order valence-corrected chi connectivity index (χ4v) is 1.61. The van der Waals surface area contributed by atoms with Crippen molar-refractivity contribution in [1.82, 2.24) is 10.3 Å². The van der Waals surface area contributed by atoms with Gasteiger partial charge in [-0.1, -0.05) is 0 Å². The van der Waals surface area contributed by atoms with Gasteiger partial charge in [-0.25, -0.2) is 4.98 Å². The summed E-state index contributed by atoms with van der Waals surface area (Å²) in [6, 6.07) is 5.49. The zero-order valence-corrected chi connectivity index (χ0v) is 8.44. The van der Waals surface area contributed by atoms with Crippen LogP contribution in [0.2, 0.25) is 0 Å². The van der Waals surface area contributed by atoms with Crippen LogP contribution in [-0.2, 0) is 0 Å². The van der Waals surface area contributed by atoms with E-state index in [0.29, 0.717) is 11.4 Å². The monoisotopic (exact) mass is 203 g/mol. The van der Waals surface area contributed by atoms with Crippen LogP contribution in [0.4, 0.5) is 0 Å². The molecule has 1 saturated heterocycles. The molecule has 1 aromatic heterocycles. The Bertz CT molecular complexity index is 349. The maximum Gasteiger partial charge on any atom is 0.213 e. The summed E-state index contributed by atoms with van der Waals surface area (Å²) < 4.78 is 5.67. The fraction of sp³-hybridized carbons (Fsp3) is 0.455. The van der Waals surface area contributed by atoms with Crippen molar-refractivity contribution < 1.29 is 4.74 Å². The molecule has 4 nitrogen and oxygen atoms in total. The summed E-state index contributed by atoms with van der Waals surface area (Å²) in [7, 11) is 0. The number of aromatic nitrogens is 1. The second-order valence-corrected chi connectivity index (χ2v) is 3.58. The van der Waals surface area contributed by atoms with Gasteiger partial charge in [-0.2, -0.15) is 5.26 Å². The van der Waals surface area contributed by atoms with E-state index in [1.807, 2.05) is 6.07 Å². The van der Waals surface area contributed by atoms with E-state index >= 15 is 0 Å². The van der Waals surface area contributed by atoms with Gasteiger partial charge in [0.1, 0.15) is 12.2 Å². The van der Waals surface area contributed by atoms with Crippen LogP contribution >= 0.6 is 0 Å². The Hall–Kier alpha value is -1.60. The molecule has 1 fully saturated rings. The van der Waals surface area contributed by atoms with Crippen LogP contribution in [0, 0.1) is 11.3 Å². The Morgan fingerprint density at radius 3 is 3.07 bits per heavy atom. The Balaban J connectivity index is 1.95. The van der Waals surface area contributed by atoms with Crippen molar-refractivity contribution in [2.45, 2.75) is 18.9 Å². The number of hydrogen-bond acceptors (Lipinski definition) is 4. The van der Waals surface area contributed by atoms with Crippen molar-refractivity contribution in [2.24, 2.45) is 0 Å². The first-order valence-corrected chi connectivity index (χ1v) is 5.12. The van der Waals surface area contributed by atoms with Crippen molar-refractivity contribution in [3.05, 3.63) is 23.9 Å². The molecule has 0 radical (unpaired) electrons. The minimum Gasteiger partial charge on any atom is -0.473 e. The predicted octanol–water partition coefficient (Wildman–Crippen LogP) is 1.08. The molecule has 4 heteroatoms. The molecule has 1 atom stereocenters. The fourth-order valence-electron chi connectivity index (χ4n) is 1.61. The first-order chi connectivity index (χ1) is 7.38. The van der Waals surface area contributed by atoms with Gasteiger partial charge in [0, 0.05) is 18.8 Å². The highest BCUT2D eigenvalue weighted by atomic mass is 16.5. The van der Waals surface area contributed by atoms with Gasteiger partial charge in [-0.3, -0.25) is 0 Å². The van der Waals surface area contributed by atoms with Gasteiger partial charge in [0.2, 0.25) is 5.88 Å². The molecule has 0 amide bonds. The maximum absolute atomic E-state index is 8.61. The van der Waals surface area contributed by atoms with Crippen LogP contribution in [0.1, 0.15) is 18.4 Å². The van der Waals surface area contributed by atoms with E-state index in [1.165, 1.54) is 6.20 Å². The molecular formula is C11H13N3O. The lowest BCUT2D eigenvalue weighted by Crippen LogP contribution is -2.37. The van der Waals surface area contributed by atoms with Crippen LogP contribution in [0.25, 0.3) is 0 Å². The molecule has 0 unspecified atom stereocenters. The first-order valence-electron chi connectivity index (χ1n) is 5.12. The van der Waals surface area contributed by atoms with Crippen molar-refractivity contribution >= 4 is 0 Å². The Kier molecular flexibility index (Phi) is 3.15. The van der Waals surface area contributed by atoms with Crippen LogP contribution in [0.5, 0.6) is 5.88 Å². The van der Waals surface area contributed by atoms with Gasteiger partial charge in [-0.15, -0.1) is 0 Å². The summed E-state index contributed by atoms with van der Waals surface area (Å²) in [5, 5.41) is 11.9. The summed E-state index contributed by atoms with van der Waals surface area (Å²) in [6.07, 6.45) is 3.94. The van der Waals surface area contributed by atoms with Crippen molar-refractivity contribution in [3.63, 3.8) is 0 Å². The lowest BCUT2D eigenvalue weighted by molar-refractivity contribution is 0.160. The van der Waals surface area contributed by atoms with Crippen molar-refractivity contribution in [2.75, 3.05) is 13.1 Å². The topological polar surface area (TPSA) is 57.9 Å². The van der Waals surface area contributed by atoms with E-state index < -0.39 is 0 Å². The van der Waals surface area contributed by atoms with E-state index in [0.717, 1.165) is 25.9 Å². The number of nitriles is 1. The lowest BCUT2D eigenvalue weighted by Gasteiger charge is -2.23. The number of nitrogens with one attached hydrogen (secondary N) is 1. The number of rotatable bonds is 2. The van der Waals surface area contributed by atoms with Crippen LogP contribution in [0.15, 0.2) is 18.3 Å². The second kappa shape index (κ2) is 4.76. The maximum atomic E-state index is 8.61. The highest BCUT2D eigenvalue weighted by Crippen LogP contribution is 2.12. The van der Waals surface area contributed by atoms with Crippen LogP contribution in [-0.4, -0.2) is 24.2 Å². The smallest absolute Gasteiger partial charge is 0.213 e. The largest absolute Gasteiger partial charge is 0.473 e. The number of hydrogen-bond donors (Lipinski definition) is 1. The third-order valence-electron chi connectivity index (χ3n) is 2.40. The molecule has 1 aromatic rings. The molecule has 0 aromatic carbocycles. The molecule has 1 N–H and O–H groups in total. The zero-order chi connectivity index (χ0) is 10.5. The molecule has 1 aliphatic heterocycles. The summed E-state index contributed by atoms with van der Waals surface area (Å²) in [6.45, 7) is 1.95. The van der Waals surface area contributed by atoms with E-state index in [1.54, 1.807) is 12.1 Å². The van der Waals surface area contributed by atoms with Gasteiger partial charge in [0.05, 0.1) is 5.56 Å². The molecule has 0 spiro atoms. The number of pyridine rings is 1. The summed E-state index contributed by atoms with van der Waals surface area (Å²) in [4.78, 5) is 4.07. The third-order valence-corrected chi connectivity index (χ3v) is 2.40. The molecule has 0 bridgehead atoms. The van der Waals surface area contributed by atoms with Gasteiger partial charge in [0.25, 0.3) is 0 Å². The van der Waals surface area contributed by atoms with Gasteiger partial charge in [0.15, 0.2) is 0 Å². The minimum atomic E-state index is 0.208. The molecular weight excluding hydrogens is 190 g/mol. The van der Waals surface area contributed by atoms with Crippen LogP contribution in [0.3, 0.4) is 0 Å². The van der Waals surface area contributed by atoms with Gasteiger partial charge in [-0.05, 0) is 25.5 Å². The van der Waals surface area contributed by atoms with Gasteiger partial charge < -0.3 is 10.1 Å². The van der Waals surface area contributed by atoms with E-state index in [9.17, 15) is 0 Å². The molecule has 0 aliphatic carbocycles. The quantitative estimate of drug-likeness (QED) is 0.781. The average Bonchev–Trinajstić information content (AvgIpc) is 2.31. The number of ether oxygens (including phenoxy) is 1. The Morgan fingerprint density at radius 2 is 2.47 bits per heavy atom. The number of piperidine rings is 1. The van der Waals surface area contributed by atoms with E-state index in [4.69, 9.17) is 10.00 Å². The zero-order valence-electron chi connectivity index (χ0n) is 8.44. The SMILES string of the molecule is N#Cc1ccc(O[C@H]2CCCNC2)nc1. The van der Waals surface area contributed by atoms with Crippen molar-refractivity contribution in [1.29, 1.82) is 5.26 Å². The highest BCUT2D eigenvalue weighted by Gasteiger charge is 2.14. The lowest BCUT2D eigenvalue weighted by atomic mass is 10.1. The summed E-state index contributed by atoms with van der Waals surface area (Å²) >= 11 is 0. The molecule has 2 heterocycles. The minimum absolute atomic E-state index is 0.208. The normalized spacial score (nSPS) is 20.6. The van der Waals surface area contributed by atoms with Crippen molar-refractivity contribution in [3.8, 4) is 11.9 Å². The van der Waals surface area contributed by atoms with E-state index in [2.05, 4.69) is 10.3 Å². The second-order valence-electron chi connectivity index (χ2n) is 3.58. The average molecular weight is 203 g/mol. The third kappa shape index (κ3) is 2.67. The Labute approximate surface area is 88.9 Å². The molecule has 1 aliphatic rings. The first kappa shape index (κ1) is 9.94. The highest BCUT2D eigenvalue weighted by molar-refractivity contribution is 5.28. The van der Waals surface area contributed by atoms with E-state index in [-0.39, 0.29) is 6.10 Å². The standard InChI is InChI=1S/C11H13N3O/c12-6-9-3-4-11(14-7-9)15-10-2-1-5-13-8-10/h3-4,7,10,13H,1-2,5,8H2/t10-/m0/s1.